The number of rotatable bonds is 4. The summed E-state index contributed by atoms with van der Waals surface area (Å²) in [5.41, 5.74) is 0.787. The maximum Gasteiger partial charge on any atom is 0.389 e. The summed E-state index contributed by atoms with van der Waals surface area (Å²) in [4.78, 5) is 1.94. The summed E-state index contributed by atoms with van der Waals surface area (Å²) >= 11 is 3.31. The predicted molar refractivity (Wildman–Crippen MR) is 81.3 cm³/mol. The molecule has 0 bridgehead atoms. The zero-order chi connectivity index (χ0) is 16.3. The third-order valence-electron chi connectivity index (χ3n) is 3.90. The number of nitrogens with one attached hydrogen (secondary N) is 1. The molecule has 2 rings (SSSR count). The minimum absolute atomic E-state index is 0.129. The quantitative estimate of drug-likeness (QED) is 0.785. The number of piperazine rings is 1. The number of benzene rings is 1. The molecule has 0 unspecified atom stereocenters. The minimum atomic E-state index is -4.23. The van der Waals surface area contributed by atoms with E-state index in [1.54, 1.807) is 19.1 Å². The van der Waals surface area contributed by atoms with E-state index in [0.717, 1.165) is 0 Å². The Morgan fingerprint density at radius 2 is 1.91 bits per heavy atom. The van der Waals surface area contributed by atoms with Crippen LogP contribution in [0.4, 0.5) is 17.6 Å². The zero-order valence-electron chi connectivity index (χ0n) is 12.3. The van der Waals surface area contributed by atoms with Gasteiger partial charge in [0.15, 0.2) is 0 Å². The minimum Gasteiger partial charge on any atom is -0.314 e. The first-order chi connectivity index (χ1) is 10.3. The molecule has 1 fully saturated rings. The molecular formula is C15H19BrF4N2. The molecule has 2 nitrogen and oxygen atoms in total. The van der Waals surface area contributed by atoms with Crippen LogP contribution >= 0.6 is 15.9 Å². The lowest BCUT2D eigenvalue weighted by molar-refractivity contribution is -0.138. The van der Waals surface area contributed by atoms with Gasteiger partial charge in [-0.15, -0.1) is 0 Å². The topological polar surface area (TPSA) is 15.3 Å². The molecule has 1 heterocycles. The standard InChI is InChI=1S/C15H19BrF4N2/c1-10-8-11(16)9-12(14(10)17)13(2-3-15(18,19)20)22-6-4-21-5-7-22/h8-9,13,21H,2-7H2,1H3/t13-/m1/s1. The van der Waals surface area contributed by atoms with Crippen LogP contribution in [-0.2, 0) is 0 Å². The smallest absolute Gasteiger partial charge is 0.314 e. The summed E-state index contributed by atoms with van der Waals surface area (Å²) < 4.78 is 53.0. The van der Waals surface area contributed by atoms with Gasteiger partial charge in [0, 0.05) is 48.7 Å². The molecule has 1 aromatic rings. The van der Waals surface area contributed by atoms with Crippen LogP contribution in [0.5, 0.6) is 0 Å². The van der Waals surface area contributed by atoms with Crippen molar-refractivity contribution < 1.29 is 17.6 Å². The number of halogens is 5. The Bertz CT molecular complexity index is 513. The lowest BCUT2D eigenvalue weighted by atomic mass is 9.97. The molecule has 124 valence electrons. The van der Waals surface area contributed by atoms with Crippen LogP contribution in [0.25, 0.3) is 0 Å². The first-order valence-corrected chi connectivity index (χ1v) is 8.04. The molecule has 1 atom stereocenters. The highest BCUT2D eigenvalue weighted by molar-refractivity contribution is 9.10. The lowest BCUT2D eigenvalue weighted by Crippen LogP contribution is -2.45. The molecule has 0 saturated carbocycles. The molecule has 7 heteroatoms. The van der Waals surface area contributed by atoms with Crippen LogP contribution in [-0.4, -0.2) is 37.3 Å². The highest BCUT2D eigenvalue weighted by Gasteiger charge is 2.32. The first kappa shape index (κ1) is 17.7. The van der Waals surface area contributed by atoms with Crippen LogP contribution in [0.15, 0.2) is 16.6 Å². The number of hydrogen-bond acceptors (Lipinski definition) is 2. The Morgan fingerprint density at radius 3 is 2.50 bits per heavy atom. The van der Waals surface area contributed by atoms with Crippen molar-refractivity contribution in [2.75, 3.05) is 26.2 Å². The van der Waals surface area contributed by atoms with Gasteiger partial charge >= 0.3 is 6.18 Å². The summed E-state index contributed by atoms with van der Waals surface area (Å²) in [5, 5.41) is 3.16. The highest BCUT2D eigenvalue weighted by atomic mass is 79.9. The molecule has 0 spiro atoms. The van der Waals surface area contributed by atoms with Crippen molar-refractivity contribution in [2.45, 2.75) is 32.0 Å². The molecule has 1 aliphatic heterocycles. The molecule has 0 amide bonds. The van der Waals surface area contributed by atoms with E-state index in [1.165, 1.54) is 0 Å². The van der Waals surface area contributed by atoms with Crippen molar-refractivity contribution in [3.05, 3.63) is 33.5 Å². The van der Waals surface area contributed by atoms with Crippen molar-refractivity contribution in [1.82, 2.24) is 10.2 Å². The van der Waals surface area contributed by atoms with Crippen molar-refractivity contribution >= 4 is 15.9 Å². The maximum atomic E-state index is 14.5. The third kappa shape index (κ3) is 4.67. The van der Waals surface area contributed by atoms with Gasteiger partial charge in [-0.2, -0.15) is 13.2 Å². The monoisotopic (exact) mass is 382 g/mol. The average Bonchev–Trinajstić information content (AvgIpc) is 2.44. The van der Waals surface area contributed by atoms with Crippen molar-refractivity contribution in [3.8, 4) is 0 Å². The van der Waals surface area contributed by atoms with Crippen LogP contribution < -0.4 is 5.32 Å². The van der Waals surface area contributed by atoms with E-state index >= 15 is 0 Å². The summed E-state index contributed by atoms with van der Waals surface area (Å²) in [7, 11) is 0. The van der Waals surface area contributed by atoms with E-state index in [9.17, 15) is 17.6 Å². The van der Waals surface area contributed by atoms with E-state index < -0.39 is 24.5 Å². The van der Waals surface area contributed by atoms with Gasteiger partial charge < -0.3 is 5.32 Å². The van der Waals surface area contributed by atoms with Gasteiger partial charge in [-0.05, 0) is 31.0 Å². The Morgan fingerprint density at radius 1 is 1.27 bits per heavy atom. The second kappa shape index (κ2) is 7.27. The molecule has 1 aliphatic rings. The molecule has 1 aromatic carbocycles. The van der Waals surface area contributed by atoms with Gasteiger partial charge in [0.2, 0.25) is 0 Å². The molecule has 22 heavy (non-hydrogen) atoms. The number of nitrogens with zero attached hydrogens (tertiary/aromatic N) is 1. The average molecular weight is 383 g/mol. The van der Waals surface area contributed by atoms with E-state index in [4.69, 9.17) is 0 Å². The van der Waals surface area contributed by atoms with E-state index in [1.807, 2.05) is 4.90 Å². The Balaban J connectivity index is 2.30. The van der Waals surface area contributed by atoms with Gasteiger partial charge in [-0.3, -0.25) is 4.90 Å². The molecule has 1 N–H and O–H groups in total. The zero-order valence-corrected chi connectivity index (χ0v) is 13.9. The second-order valence-electron chi connectivity index (χ2n) is 5.58. The van der Waals surface area contributed by atoms with Crippen molar-refractivity contribution in [1.29, 1.82) is 0 Å². The fourth-order valence-corrected chi connectivity index (χ4v) is 3.41. The number of alkyl halides is 3. The fraction of sp³-hybridized carbons (Fsp3) is 0.600. The van der Waals surface area contributed by atoms with Crippen molar-refractivity contribution in [2.24, 2.45) is 0 Å². The summed E-state index contributed by atoms with van der Waals surface area (Å²) in [6.07, 6.45) is -5.27. The number of aryl methyl sites for hydroxylation is 1. The van der Waals surface area contributed by atoms with Crippen LogP contribution in [0, 0.1) is 12.7 Å². The largest absolute Gasteiger partial charge is 0.389 e. The van der Waals surface area contributed by atoms with Gasteiger partial charge in [0.05, 0.1) is 0 Å². The fourth-order valence-electron chi connectivity index (χ4n) is 2.82. The summed E-state index contributed by atoms with van der Waals surface area (Å²) in [6.45, 7) is 4.28. The van der Waals surface area contributed by atoms with Gasteiger partial charge in [0.1, 0.15) is 5.82 Å². The molecule has 0 radical (unpaired) electrons. The Hall–Kier alpha value is -0.660. The van der Waals surface area contributed by atoms with Gasteiger partial charge in [-0.25, -0.2) is 4.39 Å². The molecular weight excluding hydrogens is 364 g/mol. The van der Waals surface area contributed by atoms with E-state index in [-0.39, 0.29) is 6.42 Å². The Kier molecular flexibility index (Phi) is 5.85. The number of hydrogen-bond donors (Lipinski definition) is 1. The van der Waals surface area contributed by atoms with E-state index in [0.29, 0.717) is 41.8 Å². The van der Waals surface area contributed by atoms with E-state index in [2.05, 4.69) is 21.2 Å². The first-order valence-electron chi connectivity index (χ1n) is 7.25. The summed E-state index contributed by atoms with van der Waals surface area (Å²) in [6, 6.07) is 2.68. The van der Waals surface area contributed by atoms with Crippen LogP contribution in [0.1, 0.15) is 30.0 Å². The maximum absolute atomic E-state index is 14.5. The lowest BCUT2D eigenvalue weighted by Gasteiger charge is -2.36. The molecule has 0 aliphatic carbocycles. The highest BCUT2D eigenvalue weighted by Crippen LogP contribution is 2.35. The van der Waals surface area contributed by atoms with Crippen molar-refractivity contribution in [3.63, 3.8) is 0 Å². The molecule has 0 aromatic heterocycles. The van der Waals surface area contributed by atoms with Gasteiger partial charge in [0.25, 0.3) is 0 Å². The Labute approximate surface area is 136 Å². The third-order valence-corrected chi connectivity index (χ3v) is 4.36. The summed E-state index contributed by atoms with van der Waals surface area (Å²) in [5.74, 6) is -0.408. The van der Waals surface area contributed by atoms with Crippen LogP contribution in [0.2, 0.25) is 0 Å². The normalized spacial score (nSPS) is 18.5. The predicted octanol–water partition coefficient (Wildman–Crippen LogP) is 4.19. The van der Waals surface area contributed by atoms with Gasteiger partial charge in [-0.1, -0.05) is 15.9 Å². The van der Waals surface area contributed by atoms with Crippen LogP contribution in [0.3, 0.4) is 0 Å². The SMILES string of the molecule is Cc1cc(Br)cc([C@@H](CCC(F)(F)F)N2CCNCC2)c1F. The molecule has 1 saturated heterocycles. The second-order valence-corrected chi connectivity index (χ2v) is 6.50.